The van der Waals surface area contributed by atoms with Gasteiger partial charge in [-0.05, 0) is 24.3 Å². The van der Waals surface area contributed by atoms with E-state index in [2.05, 4.69) is 15.8 Å². The minimum atomic E-state index is -0.911. The molecule has 2 aromatic rings. The van der Waals surface area contributed by atoms with Gasteiger partial charge in [0.05, 0.1) is 27.5 Å². The molecule has 2 aromatic carbocycles. The lowest BCUT2D eigenvalue weighted by molar-refractivity contribution is -0.136. The van der Waals surface area contributed by atoms with Crippen LogP contribution < -0.4 is 25.0 Å². The minimum Gasteiger partial charge on any atom is -0.497 e. The fourth-order valence-corrected chi connectivity index (χ4v) is 2.11. The minimum absolute atomic E-state index is 0.433. The molecule has 0 aliphatic rings. The molecule has 0 unspecified atom stereocenters. The van der Waals surface area contributed by atoms with E-state index in [1.54, 1.807) is 42.5 Å². The third-order valence-electron chi connectivity index (χ3n) is 3.34. The number of methoxy groups -OCH3 is 3. The van der Waals surface area contributed by atoms with Crippen molar-refractivity contribution < 1.29 is 23.8 Å². The zero-order chi connectivity index (χ0) is 18.9. The largest absolute Gasteiger partial charge is 0.497 e. The monoisotopic (exact) mass is 357 g/mol. The zero-order valence-corrected chi connectivity index (χ0v) is 14.6. The Morgan fingerprint density at radius 2 is 1.73 bits per heavy atom. The number of nitrogens with one attached hydrogen (secondary N) is 2. The second-order valence-corrected chi connectivity index (χ2v) is 4.97. The van der Waals surface area contributed by atoms with E-state index in [-0.39, 0.29) is 0 Å². The number of ether oxygens (including phenoxy) is 3. The molecule has 0 heterocycles. The first kappa shape index (κ1) is 18.8. The van der Waals surface area contributed by atoms with Crippen LogP contribution in [0.25, 0.3) is 0 Å². The lowest BCUT2D eigenvalue weighted by atomic mass is 10.2. The highest BCUT2D eigenvalue weighted by Crippen LogP contribution is 2.29. The molecule has 2 rings (SSSR count). The topological polar surface area (TPSA) is 98.2 Å². The number of benzene rings is 2. The molecule has 0 atom stereocenters. The van der Waals surface area contributed by atoms with E-state index in [1.807, 2.05) is 0 Å². The second-order valence-electron chi connectivity index (χ2n) is 4.97. The molecule has 0 aliphatic carbocycles. The highest BCUT2D eigenvalue weighted by atomic mass is 16.5. The van der Waals surface area contributed by atoms with Gasteiger partial charge in [-0.15, -0.1) is 0 Å². The van der Waals surface area contributed by atoms with Crippen LogP contribution in [0.1, 0.15) is 5.56 Å². The maximum Gasteiger partial charge on any atom is 0.329 e. The summed E-state index contributed by atoms with van der Waals surface area (Å²) < 4.78 is 15.5. The molecule has 8 heteroatoms. The highest BCUT2D eigenvalue weighted by molar-refractivity contribution is 6.39. The van der Waals surface area contributed by atoms with Crippen LogP contribution >= 0.6 is 0 Å². The van der Waals surface area contributed by atoms with Crippen LogP contribution in [0.5, 0.6) is 17.2 Å². The van der Waals surface area contributed by atoms with Crippen molar-refractivity contribution in [1.82, 2.24) is 5.43 Å². The molecule has 26 heavy (non-hydrogen) atoms. The van der Waals surface area contributed by atoms with Gasteiger partial charge in [-0.25, -0.2) is 5.43 Å². The Kier molecular flexibility index (Phi) is 6.55. The van der Waals surface area contributed by atoms with Crippen LogP contribution in [0, 0.1) is 0 Å². The fraction of sp³-hybridized carbons (Fsp3) is 0.167. The standard InChI is InChI=1S/C18H19N3O5/c1-24-14-8-5-7-13(10-14)20-17(22)18(23)21-19-11-12-6-4-9-15(25-2)16(12)26-3/h4-11H,1-3H3,(H,20,22)(H,21,23)/b19-11+. The number of carbonyl (C=O) groups is 2. The fourth-order valence-electron chi connectivity index (χ4n) is 2.11. The summed E-state index contributed by atoms with van der Waals surface area (Å²) in [6, 6.07) is 11.9. The molecule has 136 valence electrons. The van der Waals surface area contributed by atoms with E-state index < -0.39 is 11.8 Å². The molecule has 0 aliphatic heterocycles. The van der Waals surface area contributed by atoms with Gasteiger partial charge in [0, 0.05) is 17.3 Å². The first-order valence-corrected chi connectivity index (χ1v) is 7.58. The molecule has 0 saturated heterocycles. The third kappa shape index (κ3) is 4.73. The zero-order valence-electron chi connectivity index (χ0n) is 14.6. The normalized spacial score (nSPS) is 10.3. The number of para-hydroxylation sites is 1. The van der Waals surface area contributed by atoms with Crippen molar-refractivity contribution in [2.75, 3.05) is 26.6 Å². The number of hydrazone groups is 1. The number of nitrogens with zero attached hydrogens (tertiary/aromatic N) is 1. The summed E-state index contributed by atoms with van der Waals surface area (Å²) in [7, 11) is 4.52. The van der Waals surface area contributed by atoms with E-state index in [0.717, 1.165) is 0 Å². The maximum atomic E-state index is 11.9. The van der Waals surface area contributed by atoms with Crippen LogP contribution in [-0.4, -0.2) is 39.4 Å². The van der Waals surface area contributed by atoms with E-state index >= 15 is 0 Å². The molecule has 8 nitrogen and oxygen atoms in total. The van der Waals surface area contributed by atoms with Crippen molar-refractivity contribution in [3.05, 3.63) is 48.0 Å². The second kappa shape index (κ2) is 9.07. The Balaban J connectivity index is 1.99. The Hall–Kier alpha value is -3.55. The van der Waals surface area contributed by atoms with Gasteiger partial charge in [0.2, 0.25) is 0 Å². The van der Waals surface area contributed by atoms with Crippen molar-refractivity contribution in [1.29, 1.82) is 0 Å². The summed E-state index contributed by atoms with van der Waals surface area (Å²) in [4.78, 5) is 23.7. The molecular weight excluding hydrogens is 338 g/mol. The molecule has 0 fully saturated rings. The van der Waals surface area contributed by atoms with Gasteiger partial charge >= 0.3 is 11.8 Å². The molecule has 0 radical (unpaired) electrons. The number of amides is 2. The lowest BCUT2D eigenvalue weighted by Gasteiger charge is -2.09. The van der Waals surface area contributed by atoms with Crippen molar-refractivity contribution in [2.45, 2.75) is 0 Å². The summed E-state index contributed by atoms with van der Waals surface area (Å²) in [6.45, 7) is 0. The summed E-state index contributed by atoms with van der Waals surface area (Å²) >= 11 is 0. The molecule has 2 amide bonds. The van der Waals surface area contributed by atoms with Gasteiger partial charge in [0.15, 0.2) is 11.5 Å². The summed E-state index contributed by atoms with van der Waals surface area (Å²) in [5.74, 6) is -0.210. The van der Waals surface area contributed by atoms with Crippen molar-refractivity contribution in [3.8, 4) is 17.2 Å². The van der Waals surface area contributed by atoms with Crippen LogP contribution in [0.15, 0.2) is 47.6 Å². The van der Waals surface area contributed by atoms with Crippen LogP contribution in [-0.2, 0) is 9.59 Å². The quantitative estimate of drug-likeness (QED) is 0.467. The highest BCUT2D eigenvalue weighted by Gasteiger charge is 2.13. The molecular formula is C18H19N3O5. The SMILES string of the molecule is COc1cccc(NC(=O)C(=O)N/N=C/c2cccc(OC)c2OC)c1. The van der Waals surface area contributed by atoms with Gasteiger partial charge in [0.25, 0.3) is 0 Å². The molecule has 0 spiro atoms. The Morgan fingerprint density at radius 1 is 0.962 bits per heavy atom. The predicted octanol–water partition coefficient (Wildman–Crippen LogP) is 1.80. The molecule has 2 N–H and O–H groups in total. The van der Waals surface area contributed by atoms with Crippen LogP contribution in [0.2, 0.25) is 0 Å². The van der Waals surface area contributed by atoms with E-state index in [0.29, 0.717) is 28.5 Å². The van der Waals surface area contributed by atoms with Crippen molar-refractivity contribution in [3.63, 3.8) is 0 Å². The van der Waals surface area contributed by atoms with Crippen molar-refractivity contribution >= 4 is 23.7 Å². The summed E-state index contributed by atoms with van der Waals surface area (Å²) in [5.41, 5.74) is 3.18. The first-order chi connectivity index (χ1) is 12.6. The van der Waals surface area contributed by atoms with Gasteiger partial charge in [-0.2, -0.15) is 5.10 Å². The number of hydrogen-bond donors (Lipinski definition) is 2. The molecule has 0 aromatic heterocycles. The molecule has 0 saturated carbocycles. The van der Waals surface area contributed by atoms with Crippen LogP contribution in [0.3, 0.4) is 0 Å². The predicted molar refractivity (Wildman–Crippen MR) is 96.9 cm³/mol. The van der Waals surface area contributed by atoms with Crippen LogP contribution in [0.4, 0.5) is 5.69 Å². The number of hydrogen-bond acceptors (Lipinski definition) is 6. The number of carbonyl (C=O) groups excluding carboxylic acids is 2. The Bertz CT molecular complexity index is 820. The van der Waals surface area contributed by atoms with Gasteiger partial charge < -0.3 is 19.5 Å². The van der Waals surface area contributed by atoms with E-state index in [4.69, 9.17) is 14.2 Å². The maximum absolute atomic E-state index is 11.9. The number of anilines is 1. The first-order valence-electron chi connectivity index (χ1n) is 7.58. The Morgan fingerprint density at radius 3 is 2.42 bits per heavy atom. The summed E-state index contributed by atoms with van der Waals surface area (Å²) in [5, 5.41) is 6.23. The Labute approximate surface area is 150 Å². The molecule has 0 bridgehead atoms. The van der Waals surface area contributed by atoms with E-state index in [9.17, 15) is 9.59 Å². The van der Waals surface area contributed by atoms with Gasteiger partial charge in [-0.1, -0.05) is 12.1 Å². The average Bonchev–Trinajstić information content (AvgIpc) is 2.67. The third-order valence-corrected chi connectivity index (χ3v) is 3.34. The number of rotatable bonds is 6. The lowest BCUT2D eigenvalue weighted by Crippen LogP contribution is -2.32. The van der Waals surface area contributed by atoms with Gasteiger partial charge in [-0.3, -0.25) is 9.59 Å². The smallest absolute Gasteiger partial charge is 0.329 e. The average molecular weight is 357 g/mol. The van der Waals surface area contributed by atoms with Gasteiger partial charge in [0.1, 0.15) is 5.75 Å². The van der Waals surface area contributed by atoms with E-state index in [1.165, 1.54) is 27.5 Å². The van der Waals surface area contributed by atoms with Crippen molar-refractivity contribution in [2.24, 2.45) is 5.10 Å². The summed E-state index contributed by atoms with van der Waals surface area (Å²) in [6.07, 6.45) is 1.36.